The van der Waals surface area contributed by atoms with Crippen molar-refractivity contribution in [2.75, 3.05) is 6.54 Å². The number of nitrogens with one attached hydrogen (secondary N) is 4. The summed E-state index contributed by atoms with van der Waals surface area (Å²) in [4.78, 5) is 67.7. The number of amides is 4. The van der Waals surface area contributed by atoms with Gasteiger partial charge < -0.3 is 26.0 Å². The highest BCUT2D eigenvalue weighted by Crippen LogP contribution is 2.28. The van der Waals surface area contributed by atoms with Crippen molar-refractivity contribution in [3.05, 3.63) is 107 Å². The van der Waals surface area contributed by atoms with Gasteiger partial charge in [-0.1, -0.05) is 92.7 Å². The molecule has 4 atom stereocenters. The molecule has 1 saturated heterocycles. The van der Waals surface area contributed by atoms with E-state index < -0.39 is 42.0 Å². The van der Waals surface area contributed by atoms with Crippen LogP contribution in [0.1, 0.15) is 53.9 Å². The van der Waals surface area contributed by atoms with Gasteiger partial charge in [-0.25, -0.2) is 4.79 Å². The Morgan fingerprint density at radius 2 is 1.45 bits per heavy atom. The Balaban J connectivity index is 1.35. The predicted octanol–water partition coefficient (Wildman–Crippen LogP) is 5.16. The molecule has 1 aromatic heterocycles. The summed E-state index contributed by atoms with van der Waals surface area (Å²) in [5, 5.41) is 12.1. The summed E-state index contributed by atoms with van der Waals surface area (Å²) >= 11 is 1.34. The van der Waals surface area contributed by atoms with Gasteiger partial charge in [-0.15, -0.1) is 11.3 Å². The Bertz CT molecular complexity index is 1730. The van der Waals surface area contributed by atoms with E-state index in [0.717, 1.165) is 21.2 Å². The molecule has 1 aliphatic heterocycles. The smallest absolute Gasteiger partial charge is 0.408 e. The number of carbonyl (C=O) groups excluding carboxylic acids is 5. The van der Waals surface area contributed by atoms with E-state index in [-0.39, 0.29) is 37.1 Å². The molecule has 5 rings (SSSR count). The maximum atomic E-state index is 14.1. The SMILES string of the molecule is CC(C)C[C@H](NC(=O)OCc1ccccc1)C(=O)N[C@@H](Cc1ccccc1)C(=O)N[C@@H](C[C@@H]1CCNC1=O)C(=O)c1cc2ccccc2s1. The topological polar surface area (TPSA) is 143 Å². The maximum absolute atomic E-state index is 14.1. The normalized spacial score (nSPS) is 16.0. The van der Waals surface area contributed by atoms with Crippen LogP contribution in [0.4, 0.5) is 4.79 Å². The molecule has 4 amide bonds. The molecule has 0 bridgehead atoms. The van der Waals surface area contributed by atoms with Crippen molar-refractivity contribution in [3.63, 3.8) is 0 Å². The summed E-state index contributed by atoms with van der Waals surface area (Å²) in [5.74, 6) is -1.97. The van der Waals surface area contributed by atoms with Crippen LogP contribution in [-0.4, -0.2) is 54.3 Å². The molecule has 256 valence electrons. The summed E-state index contributed by atoms with van der Waals surface area (Å²) in [7, 11) is 0. The van der Waals surface area contributed by atoms with Crippen LogP contribution in [-0.2, 0) is 32.1 Å². The standard InChI is InChI=1S/C38H42N4O6S/c1-24(2)19-30(42-38(47)48-23-26-13-7-4-8-14-26)36(45)41-31(20-25-11-5-3-6-12-25)37(46)40-29(21-28-17-18-39-35(28)44)34(43)33-22-27-15-9-10-16-32(27)49-33/h3-16,22,24,28-31H,17-21,23H2,1-2H3,(H,39,44)(H,40,46)(H,41,45)(H,42,47)/t28-,29-,30-,31-/m0/s1. The maximum Gasteiger partial charge on any atom is 0.408 e. The van der Waals surface area contributed by atoms with Crippen LogP contribution in [0, 0.1) is 11.8 Å². The minimum absolute atomic E-state index is 0.0347. The summed E-state index contributed by atoms with van der Waals surface area (Å²) in [6.07, 6.45) is 0.367. The van der Waals surface area contributed by atoms with E-state index >= 15 is 0 Å². The van der Waals surface area contributed by atoms with E-state index in [4.69, 9.17) is 4.74 Å². The van der Waals surface area contributed by atoms with E-state index in [9.17, 15) is 24.0 Å². The summed E-state index contributed by atoms with van der Waals surface area (Å²) in [6, 6.07) is 24.8. The minimum Gasteiger partial charge on any atom is -0.445 e. The van der Waals surface area contributed by atoms with Gasteiger partial charge in [0.2, 0.25) is 17.7 Å². The third kappa shape index (κ3) is 9.99. The molecule has 11 heteroatoms. The van der Waals surface area contributed by atoms with Crippen molar-refractivity contribution in [1.29, 1.82) is 0 Å². The molecule has 49 heavy (non-hydrogen) atoms. The number of ether oxygens (including phenoxy) is 1. The van der Waals surface area contributed by atoms with E-state index in [2.05, 4.69) is 21.3 Å². The summed E-state index contributed by atoms with van der Waals surface area (Å²) in [6.45, 7) is 4.39. The van der Waals surface area contributed by atoms with E-state index in [1.54, 1.807) is 6.07 Å². The van der Waals surface area contributed by atoms with Crippen LogP contribution in [0.5, 0.6) is 0 Å². The number of thiophene rings is 1. The second-order valence-corrected chi connectivity index (χ2v) is 13.8. The molecule has 0 radical (unpaired) electrons. The number of Topliss-reactive ketones (excluding diaryl/α,β-unsaturated/α-hetero) is 1. The molecular weight excluding hydrogens is 641 g/mol. The molecule has 2 heterocycles. The zero-order chi connectivity index (χ0) is 34.8. The minimum atomic E-state index is -1.08. The molecule has 4 N–H and O–H groups in total. The molecule has 10 nitrogen and oxygen atoms in total. The molecule has 4 aromatic rings. The zero-order valence-corrected chi connectivity index (χ0v) is 28.5. The first-order valence-electron chi connectivity index (χ1n) is 16.6. The van der Waals surface area contributed by atoms with Crippen LogP contribution < -0.4 is 21.3 Å². The quantitative estimate of drug-likeness (QED) is 0.128. The first-order chi connectivity index (χ1) is 23.7. The number of benzene rings is 3. The molecule has 0 unspecified atom stereocenters. The number of hydrogen-bond donors (Lipinski definition) is 4. The lowest BCUT2D eigenvalue weighted by Crippen LogP contribution is -2.56. The highest BCUT2D eigenvalue weighted by Gasteiger charge is 2.35. The number of rotatable bonds is 15. The lowest BCUT2D eigenvalue weighted by Gasteiger charge is -2.26. The summed E-state index contributed by atoms with van der Waals surface area (Å²) in [5.41, 5.74) is 1.60. The average Bonchev–Trinajstić information content (AvgIpc) is 3.72. The Kier molecular flexibility index (Phi) is 12.2. The monoisotopic (exact) mass is 682 g/mol. The van der Waals surface area contributed by atoms with E-state index in [0.29, 0.717) is 24.3 Å². The highest BCUT2D eigenvalue weighted by molar-refractivity contribution is 7.20. The molecule has 3 aromatic carbocycles. The van der Waals surface area contributed by atoms with E-state index in [1.807, 2.05) is 98.8 Å². The summed E-state index contributed by atoms with van der Waals surface area (Å²) < 4.78 is 6.31. The molecular formula is C38H42N4O6S. The lowest BCUT2D eigenvalue weighted by atomic mass is 9.94. The zero-order valence-electron chi connectivity index (χ0n) is 27.6. The second-order valence-electron chi connectivity index (χ2n) is 12.7. The second kappa shape index (κ2) is 16.9. The number of hydrogen-bond acceptors (Lipinski definition) is 7. The van der Waals surface area contributed by atoms with Crippen LogP contribution in [0.25, 0.3) is 10.1 Å². The molecule has 0 aliphatic carbocycles. The van der Waals surface area contributed by atoms with Gasteiger partial charge >= 0.3 is 6.09 Å². The fraction of sp³-hybridized carbons (Fsp3) is 0.342. The van der Waals surface area contributed by atoms with Crippen molar-refractivity contribution in [2.45, 2.75) is 64.3 Å². The fourth-order valence-corrected chi connectivity index (χ4v) is 6.93. The number of carbonyl (C=O) groups is 5. The molecule has 0 saturated carbocycles. The van der Waals surface area contributed by atoms with Gasteiger partial charge in [0.25, 0.3) is 0 Å². The Hall–Kier alpha value is -5.03. The van der Waals surface area contributed by atoms with E-state index in [1.165, 1.54) is 11.3 Å². The van der Waals surface area contributed by atoms with Gasteiger partial charge in [0.05, 0.1) is 10.9 Å². The number of alkyl carbamates (subject to hydrolysis) is 1. The molecule has 1 fully saturated rings. The third-order valence-electron chi connectivity index (χ3n) is 8.43. The van der Waals surface area contributed by atoms with Crippen molar-refractivity contribution >= 4 is 51.0 Å². The van der Waals surface area contributed by atoms with Gasteiger partial charge in [0, 0.05) is 23.6 Å². The average molecular weight is 683 g/mol. The fourth-order valence-electron chi connectivity index (χ4n) is 5.87. The number of fused-ring (bicyclic) bond motifs is 1. The van der Waals surface area contributed by atoms with Crippen LogP contribution in [0.2, 0.25) is 0 Å². The van der Waals surface area contributed by atoms with Crippen LogP contribution in [0.15, 0.2) is 91.0 Å². The largest absolute Gasteiger partial charge is 0.445 e. The third-order valence-corrected chi connectivity index (χ3v) is 9.56. The van der Waals surface area contributed by atoms with Gasteiger partial charge in [0.1, 0.15) is 18.7 Å². The molecule has 0 spiro atoms. The highest BCUT2D eigenvalue weighted by atomic mass is 32.1. The van der Waals surface area contributed by atoms with Crippen molar-refractivity contribution in [3.8, 4) is 0 Å². The lowest BCUT2D eigenvalue weighted by molar-refractivity contribution is -0.130. The first kappa shape index (κ1) is 35.3. The Labute approximate surface area is 290 Å². The van der Waals surface area contributed by atoms with Gasteiger partial charge in [-0.2, -0.15) is 0 Å². The van der Waals surface area contributed by atoms with Gasteiger partial charge in [0.15, 0.2) is 5.78 Å². The first-order valence-corrected chi connectivity index (χ1v) is 17.4. The van der Waals surface area contributed by atoms with Crippen LogP contribution in [0.3, 0.4) is 0 Å². The number of ketones is 1. The van der Waals surface area contributed by atoms with Crippen molar-refractivity contribution < 1.29 is 28.7 Å². The Morgan fingerprint density at radius 3 is 2.10 bits per heavy atom. The van der Waals surface area contributed by atoms with Crippen molar-refractivity contribution in [2.24, 2.45) is 11.8 Å². The Morgan fingerprint density at radius 1 is 0.816 bits per heavy atom. The van der Waals surface area contributed by atoms with Gasteiger partial charge in [-0.05, 0) is 53.8 Å². The molecule has 1 aliphatic rings. The van der Waals surface area contributed by atoms with Gasteiger partial charge in [-0.3, -0.25) is 19.2 Å². The predicted molar refractivity (Wildman–Crippen MR) is 189 cm³/mol. The van der Waals surface area contributed by atoms with Crippen molar-refractivity contribution in [1.82, 2.24) is 21.3 Å². The van der Waals surface area contributed by atoms with Crippen LogP contribution >= 0.6 is 11.3 Å².